The summed E-state index contributed by atoms with van der Waals surface area (Å²) in [6.45, 7) is 5.97. The number of nitrogens with two attached hydrogens (primary N) is 1. The highest BCUT2D eigenvalue weighted by molar-refractivity contribution is 14.1. The van der Waals surface area contributed by atoms with Crippen LogP contribution >= 0.6 is 22.6 Å². The summed E-state index contributed by atoms with van der Waals surface area (Å²) in [5.41, 5.74) is 6.81. The summed E-state index contributed by atoms with van der Waals surface area (Å²) in [6, 6.07) is 7.64. The number of rotatable bonds is 2. The van der Waals surface area contributed by atoms with Gasteiger partial charge >= 0.3 is 0 Å². The van der Waals surface area contributed by atoms with Crippen LogP contribution in [0.15, 0.2) is 24.3 Å². The first-order chi connectivity index (χ1) is 6.82. The van der Waals surface area contributed by atoms with Crippen molar-refractivity contribution in [3.63, 3.8) is 0 Å². The SMILES string of the molecule is CC(C)(C)[C@H](O)[C@H](N)c1ccc(I)cc1. The number of hydrogen-bond donors (Lipinski definition) is 2. The van der Waals surface area contributed by atoms with Gasteiger partial charge in [-0.1, -0.05) is 32.9 Å². The molecule has 84 valence electrons. The van der Waals surface area contributed by atoms with Crippen molar-refractivity contribution in [3.05, 3.63) is 33.4 Å². The van der Waals surface area contributed by atoms with Crippen LogP contribution in [-0.2, 0) is 0 Å². The highest BCUT2D eigenvalue weighted by Gasteiger charge is 2.28. The quantitative estimate of drug-likeness (QED) is 0.824. The van der Waals surface area contributed by atoms with E-state index in [-0.39, 0.29) is 11.5 Å². The van der Waals surface area contributed by atoms with Crippen LogP contribution in [0, 0.1) is 8.99 Å². The predicted octanol–water partition coefficient (Wildman–Crippen LogP) is 2.70. The zero-order chi connectivity index (χ0) is 11.6. The molecule has 1 aromatic carbocycles. The minimum atomic E-state index is -0.530. The average Bonchev–Trinajstić information content (AvgIpc) is 2.15. The minimum absolute atomic E-state index is 0.192. The van der Waals surface area contributed by atoms with E-state index in [0.29, 0.717) is 0 Å². The van der Waals surface area contributed by atoms with Gasteiger partial charge in [-0.25, -0.2) is 0 Å². The first-order valence-corrected chi connectivity index (χ1v) is 6.09. The van der Waals surface area contributed by atoms with Crippen LogP contribution in [0.4, 0.5) is 0 Å². The third kappa shape index (κ3) is 3.43. The molecule has 0 aliphatic rings. The second-order valence-electron chi connectivity index (χ2n) is 4.89. The van der Waals surface area contributed by atoms with Gasteiger partial charge in [-0.3, -0.25) is 0 Å². The predicted molar refractivity (Wildman–Crippen MR) is 71.5 cm³/mol. The number of halogens is 1. The molecule has 1 aromatic rings. The lowest BCUT2D eigenvalue weighted by atomic mass is 9.82. The molecule has 0 unspecified atom stereocenters. The molecule has 0 radical (unpaired) electrons. The maximum absolute atomic E-state index is 10.1. The fraction of sp³-hybridized carbons (Fsp3) is 0.500. The Morgan fingerprint density at radius 1 is 1.20 bits per heavy atom. The summed E-state index contributed by atoms with van der Waals surface area (Å²) in [4.78, 5) is 0. The molecular formula is C12H18INO. The molecule has 0 heterocycles. The average molecular weight is 319 g/mol. The molecule has 3 N–H and O–H groups in total. The fourth-order valence-electron chi connectivity index (χ4n) is 1.41. The van der Waals surface area contributed by atoms with E-state index in [9.17, 15) is 5.11 Å². The van der Waals surface area contributed by atoms with Gasteiger partial charge < -0.3 is 10.8 Å². The minimum Gasteiger partial charge on any atom is -0.391 e. The summed E-state index contributed by atoms with van der Waals surface area (Å²) in [5, 5.41) is 10.1. The van der Waals surface area contributed by atoms with Gasteiger partial charge in [-0.05, 0) is 45.7 Å². The molecule has 0 aromatic heterocycles. The van der Waals surface area contributed by atoms with Crippen molar-refractivity contribution in [1.82, 2.24) is 0 Å². The van der Waals surface area contributed by atoms with Crippen LogP contribution < -0.4 is 5.73 Å². The van der Waals surface area contributed by atoms with Crippen molar-refractivity contribution in [3.8, 4) is 0 Å². The summed E-state index contributed by atoms with van der Waals surface area (Å²) in [6.07, 6.45) is -0.530. The Morgan fingerprint density at radius 3 is 2.07 bits per heavy atom. The summed E-state index contributed by atoms with van der Waals surface area (Å²) in [5.74, 6) is 0. The van der Waals surface area contributed by atoms with E-state index < -0.39 is 6.10 Å². The highest BCUT2D eigenvalue weighted by atomic mass is 127. The van der Waals surface area contributed by atoms with Crippen molar-refractivity contribution in [2.45, 2.75) is 32.9 Å². The molecule has 0 saturated heterocycles. The molecule has 0 aliphatic heterocycles. The third-order valence-electron chi connectivity index (χ3n) is 2.48. The molecule has 1 rings (SSSR count). The lowest BCUT2D eigenvalue weighted by Gasteiger charge is -2.31. The lowest BCUT2D eigenvalue weighted by molar-refractivity contribution is 0.0401. The molecule has 0 fully saturated rings. The molecule has 3 heteroatoms. The van der Waals surface area contributed by atoms with E-state index in [1.807, 2.05) is 45.0 Å². The van der Waals surface area contributed by atoms with E-state index in [1.54, 1.807) is 0 Å². The third-order valence-corrected chi connectivity index (χ3v) is 3.20. The van der Waals surface area contributed by atoms with Crippen LogP contribution in [0.1, 0.15) is 32.4 Å². The Balaban J connectivity index is 2.85. The van der Waals surface area contributed by atoms with E-state index in [1.165, 1.54) is 3.57 Å². The van der Waals surface area contributed by atoms with Gasteiger partial charge in [0.05, 0.1) is 12.1 Å². The second-order valence-corrected chi connectivity index (χ2v) is 6.13. The van der Waals surface area contributed by atoms with Crippen LogP contribution in [0.25, 0.3) is 0 Å². The first-order valence-electron chi connectivity index (χ1n) is 5.01. The second kappa shape index (κ2) is 4.80. The van der Waals surface area contributed by atoms with Gasteiger partial charge in [0.2, 0.25) is 0 Å². The van der Waals surface area contributed by atoms with E-state index in [2.05, 4.69) is 22.6 Å². The smallest absolute Gasteiger partial charge is 0.0780 e. The van der Waals surface area contributed by atoms with Crippen LogP contribution in [-0.4, -0.2) is 11.2 Å². The van der Waals surface area contributed by atoms with Gasteiger partial charge in [0.15, 0.2) is 0 Å². The van der Waals surface area contributed by atoms with Crippen LogP contribution in [0.5, 0.6) is 0 Å². The van der Waals surface area contributed by atoms with E-state index in [4.69, 9.17) is 5.73 Å². The zero-order valence-corrected chi connectivity index (χ0v) is 11.5. The molecule has 0 saturated carbocycles. The number of benzene rings is 1. The van der Waals surface area contributed by atoms with Gasteiger partial charge in [0, 0.05) is 3.57 Å². The Labute approximate surface area is 105 Å². The van der Waals surface area contributed by atoms with Crippen molar-refractivity contribution in [2.75, 3.05) is 0 Å². The Hall–Kier alpha value is -0.130. The molecular weight excluding hydrogens is 301 g/mol. The summed E-state index contributed by atoms with van der Waals surface area (Å²) < 4.78 is 1.17. The standard InChI is InChI=1S/C12H18INO/c1-12(2,3)11(15)10(14)8-4-6-9(13)7-5-8/h4-7,10-11,15H,14H2,1-3H3/t10-,11-/m1/s1. The normalized spacial score (nSPS) is 16.1. The Morgan fingerprint density at radius 2 is 1.67 bits per heavy atom. The molecule has 0 aliphatic carbocycles. The molecule has 0 spiro atoms. The van der Waals surface area contributed by atoms with E-state index >= 15 is 0 Å². The van der Waals surface area contributed by atoms with Gasteiger partial charge in [-0.2, -0.15) is 0 Å². The van der Waals surface area contributed by atoms with Crippen molar-refractivity contribution in [1.29, 1.82) is 0 Å². The molecule has 2 atom stereocenters. The zero-order valence-electron chi connectivity index (χ0n) is 9.37. The van der Waals surface area contributed by atoms with Crippen LogP contribution in [0.2, 0.25) is 0 Å². The molecule has 0 amide bonds. The Bertz CT molecular complexity index is 315. The largest absolute Gasteiger partial charge is 0.391 e. The maximum atomic E-state index is 10.1. The topological polar surface area (TPSA) is 46.2 Å². The monoisotopic (exact) mass is 319 g/mol. The number of aliphatic hydroxyl groups is 1. The molecule has 0 bridgehead atoms. The van der Waals surface area contributed by atoms with Gasteiger partial charge in [-0.15, -0.1) is 0 Å². The fourth-order valence-corrected chi connectivity index (χ4v) is 1.77. The Kier molecular flexibility index (Phi) is 4.14. The first kappa shape index (κ1) is 12.9. The summed E-state index contributed by atoms with van der Waals surface area (Å²) in [7, 11) is 0. The summed E-state index contributed by atoms with van der Waals surface area (Å²) >= 11 is 2.25. The highest BCUT2D eigenvalue weighted by Crippen LogP contribution is 2.28. The van der Waals surface area contributed by atoms with Crippen molar-refractivity contribution >= 4 is 22.6 Å². The van der Waals surface area contributed by atoms with E-state index in [0.717, 1.165) is 5.56 Å². The van der Waals surface area contributed by atoms with Crippen LogP contribution in [0.3, 0.4) is 0 Å². The van der Waals surface area contributed by atoms with Gasteiger partial charge in [0.1, 0.15) is 0 Å². The molecule has 2 nitrogen and oxygen atoms in total. The molecule has 15 heavy (non-hydrogen) atoms. The van der Waals surface area contributed by atoms with Crippen molar-refractivity contribution in [2.24, 2.45) is 11.1 Å². The maximum Gasteiger partial charge on any atom is 0.0780 e. The van der Waals surface area contributed by atoms with Gasteiger partial charge in [0.25, 0.3) is 0 Å². The number of aliphatic hydroxyl groups excluding tert-OH is 1. The number of hydrogen-bond acceptors (Lipinski definition) is 2. The van der Waals surface area contributed by atoms with Crippen molar-refractivity contribution < 1.29 is 5.11 Å². The lowest BCUT2D eigenvalue weighted by Crippen LogP contribution is -2.36.